The van der Waals surface area contributed by atoms with Crippen molar-refractivity contribution in [2.24, 2.45) is 5.73 Å². The van der Waals surface area contributed by atoms with Gasteiger partial charge in [0, 0.05) is 12.5 Å². The number of nitrogens with two attached hydrogens (primary N) is 1. The molecule has 0 saturated carbocycles. The Bertz CT molecular complexity index is 346. The second-order valence-electron chi connectivity index (χ2n) is 2.49. The summed E-state index contributed by atoms with van der Waals surface area (Å²) in [5.74, 6) is -0.653. The van der Waals surface area contributed by atoms with Gasteiger partial charge < -0.3 is 10.5 Å². The number of amides is 1. The monoisotopic (exact) mass is 179 g/mol. The predicted molar refractivity (Wildman–Crippen MR) is 46.3 cm³/mol. The molecule has 0 bridgehead atoms. The lowest BCUT2D eigenvalue weighted by atomic mass is 10.2. The Kier molecular flexibility index (Phi) is 2.64. The van der Waals surface area contributed by atoms with Crippen LogP contribution in [0.25, 0.3) is 0 Å². The minimum atomic E-state index is -0.547. The molecule has 0 radical (unpaired) electrons. The first-order valence-electron chi connectivity index (χ1n) is 3.68. The van der Waals surface area contributed by atoms with Crippen molar-refractivity contribution in [3.05, 3.63) is 29.8 Å². The van der Waals surface area contributed by atoms with E-state index in [4.69, 9.17) is 10.5 Å². The molecule has 0 aliphatic heterocycles. The van der Waals surface area contributed by atoms with E-state index in [0.29, 0.717) is 11.3 Å². The van der Waals surface area contributed by atoms with Gasteiger partial charge in [0.05, 0.1) is 0 Å². The van der Waals surface area contributed by atoms with Gasteiger partial charge in [-0.05, 0) is 18.2 Å². The molecule has 0 saturated heterocycles. The first-order chi connectivity index (χ1) is 6.09. The lowest BCUT2D eigenvalue weighted by molar-refractivity contribution is -0.131. The largest absolute Gasteiger partial charge is 0.427 e. The first-order valence-corrected chi connectivity index (χ1v) is 3.68. The van der Waals surface area contributed by atoms with E-state index in [1.807, 2.05) is 0 Å². The lowest BCUT2D eigenvalue weighted by Crippen LogP contribution is -2.11. The molecule has 0 aliphatic rings. The molecule has 0 heterocycles. The van der Waals surface area contributed by atoms with E-state index < -0.39 is 11.9 Å². The van der Waals surface area contributed by atoms with Crippen LogP contribution in [0.2, 0.25) is 0 Å². The van der Waals surface area contributed by atoms with Gasteiger partial charge in [-0.1, -0.05) is 6.07 Å². The number of hydrogen-bond donors (Lipinski definition) is 1. The smallest absolute Gasteiger partial charge is 0.308 e. The molecule has 1 aromatic rings. The molecule has 0 unspecified atom stereocenters. The summed E-state index contributed by atoms with van der Waals surface area (Å²) in [6.07, 6.45) is 0. The molecule has 1 amide bonds. The van der Waals surface area contributed by atoms with Gasteiger partial charge in [0.2, 0.25) is 5.91 Å². The van der Waals surface area contributed by atoms with Crippen LogP contribution in [-0.4, -0.2) is 11.9 Å². The Balaban J connectivity index is 2.91. The molecule has 0 aromatic heterocycles. The minimum absolute atomic E-state index is 0.318. The van der Waals surface area contributed by atoms with Crippen molar-refractivity contribution in [2.75, 3.05) is 0 Å². The zero-order valence-corrected chi connectivity index (χ0v) is 7.11. The third kappa shape index (κ3) is 2.59. The van der Waals surface area contributed by atoms with Crippen molar-refractivity contribution in [3.63, 3.8) is 0 Å². The second-order valence-corrected chi connectivity index (χ2v) is 2.49. The molecular formula is C9H9NO3. The highest BCUT2D eigenvalue weighted by Crippen LogP contribution is 2.12. The van der Waals surface area contributed by atoms with Gasteiger partial charge in [0.25, 0.3) is 0 Å². The summed E-state index contributed by atoms with van der Waals surface area (Å²) >= 11 is 0. The molecule has 13 heavy (non-hydrogen) atoms. The van der Waals surface area contributed by atoms with Crippen LogP contribution in [0.1, 0.15) is 17.3 Å². The van der Waals surface area contributed by atoms with Crippen LogP contribution in [0, 0.1) is 0 Å². The van der Waals surface area contributed by atoms with Crippen molar-refractivity contribution in [1.82, 2.24) is 0 Å². The predicted octanol–water partition coefficient (Wildman–Crippen LogP) is 0.711. The number of esters is 1. The normalized spacial score (nSPS) is 9.31. The van der Waals surface area contributed by atoms with Gasteiger partial charge >= 0.3 is 5.97 Å². The number of primary amides is 1. The summed E-state index contributed by atoms with van der Waals surface area (Å²) in [4.78, 5) is 21.3. The lowest BCUT2D eigenvalue weighted by Gasteiger charge is -2.01. The second kappa shape index (κ2) is 3.71. The Morgan fingerprint density at radius 3 is 2.62 bits per heavy atom. The quantitative estimate of drug-likeness (QED) is 0.537. The molecule has 0 aliphatic carbocycles. The average Bonchev–Trinajstić information content (AvgIpc) is 2.03. The molecule has 4 nitrogen and oxygen atoms in total. The Morgan fingerprint density at radius 1 is 1.38 bits per heavy atom. The zero-order chi connectivity index (χ0) is 9.84. The topological polar surface area (TPSA) is 69.4 Å². The van der Waals surface area contributed by atoms with Gasteiger partial charge in [-0.15, -0.1) is 0 Å². The van der Waals surface area contributed by atoms with E-state index in [1.54, 1.807) is 18.2 Å². The van der Waals surface area contributed by atoms with Crippen molar-refractivity contribution in [3.8, 4) is 5.75 Å². The van der Waals surface area contributed by atoms with Crippen LogP contribution in [0.3, 0.4) is 0 Å². The van der Waals surface area contributed by atoms with E-state index in [2.05, 4.69) is 0 Å². The van der Waals surface area contributed by atoms with Crippen LogP contribution in [-0.2, 0) is 4.79 Å². The summed E-state index contributed by atoms with van der Waals surface area (Å²) in [6.45, 7) is 1.29. The first kappa shape index (κ1) is 9.25. The Morgan fingerprint density at radius 2 is 2.08 bits per heavy atom. The fourth-order valence-electron chi connectivity index (χ4n) is 0.879. The van der Waals surface area contributed by atoms with E-state index in [-0.39, 0.29) is 0 Å². The minimum Gasteiger partial charge on any atom is -0.427 e. The molecule has 0 fully saturated rings. The van der Waals surface area contributed by atoms with E-state index in [0.717, 1.165) is 0 Å². The van der Waals surface area contributed by atoms with Crippen LogP contribution in [0.5, 0.6) is 5.75 Å². The van der Waals surface area contributed by atoms with Crippen LogP contribution in [0.15, 0.2) is 24.3 Å². The highest BCUT2D eigenvalue weighted by molar-refractivity contribution is 5.93. The fraction of sp³-hybridized carbons (Fsp3) is 0.111. The fourth-order valence-corrected chi connectivity index (χ4v) is 0.879. The summed E-state index contributed by atoms with van der Waals surface area (Å²) in [5, 5.41) is 0. The average molecular weight is 179 g/mol. The third-order valence-electron chi connectivity index (χ3n) is 1.38. The van der Waals surface area contributed by atoms with Crippen LogP contribution in [0.4, 0.5) is 0 Å². The SMILES string of the molecule is CC(=O)Oc1cccc(C(N)=O)c1. The van der Waals surface area contributed by atoms with Crippen molar-refractivity contribution in [2.45, 2.75) is 6.92 Å². The van der Waals surface area contributed by atoms with Gasteiger partial charge in [-0.3, -0.25) is 9.59 Å². The number of benzene rings is 1. The molecule has 0 atom stereocenters. The molecule has 2 N–H and O–H groups in total. The van der Waals surface area contributed by atoms with Gasteiger partial charge in [0.15, 0.2) is 0 Å². The summed E-state index contributed by atoms with van der Waals surface area (Å²) in [6, 6.07) is 6.14. The number of carbonyl (C=O) groups excluding carboxylic acids is 2. The summed E-state index contributed by atoms with van der Waals surface area (Å²) in [7, 11) is 0. The highest BCUT2D eigenvalue weighted by Gasteiger charge is 2.02. The van der Waals surface area contributed by atoms with Gasteiger partial charge in [0.1, 0.15) is 5.75 Å². The van der Waals surface area contributed by atoms with Crippen molar-refractivity contribution < 1.29 is 14.3 Å². The molecule has 1 aromatic carbocycles. The van der Waals surface area contributed by atoms with E-state index in [9.17, 15) is 9.59 Å². The zero-order valence-electron chi connectivity index (χ0n) is 7.11. The maximum absolute atomic E-state index is 10.7. The molecule has 1 rings (SSSR count). The molecular weight excluding hydrogens is 170 g/mol. The summed E-state index contributed by atoms with van der Waals surface area (Å²) < 4.78 is 4.76. The third-order valence-corrected chi connectivity index (χ3v) is 1.38. The molecule has 68 valence electrons. The van der Waals surface area contributed by atoms with E-state index in [1.165, 1.54) is 13.0 Å². The van der Waals surface area contributed by atoms with Crippen LogP contribution >= 0.6 is 0 Å². The standard InChI is InChI=1S/C9H9NO3/c1-6(11)13-8-4-2-3-7(5-8)9(10)12/h2-5H,1H3,(H2,10,12). The number of carbonyl (C=O) groups is 2. The maximum atomic E-state index is 10.7. The number of hydrogen-bond acceptors (Lipinski definition) is 3. The summed E-state index contributed by atoms with van der Waals surface area (Å²) in [5.41, 5.74) is 5.35. The Labute approximate surface area is 75.3 Å². The van der Waals surface area contributed by atoms with Crippen molar-refractivity contribution >= 4 is 11.9 Å². The van der Waals surface area contributed by atoms with Gasteiger partial charge in [-0.25, -0.2) is 0 Å². The maximum Gasteiger partial charge on any atom is 0.308 e. The van der Waals surface area contributed by atoms with Gasteiger partial charge in [-0.2, -0.15) is 0 Å². The van der Waals surface area contributed by atoms with E-state index >= 15 is 0 Å². The van der Waals surface area contributed by atoms with Crippen LogP contribution < -0.4 is 10.5 Å². The number of rotatable bonds is 2. The molecule has 0 spiro atoms. The Hall–Kier alpha value is -1.84. The highest BCUT2D eigenvalue weighted by atomic mass is 16.5. The number of ether oxygens (including phenoxy) is 1. The molecule has 4 heteroatoms. The van der Waals surface area contributed by atoms with Crippen molar-refractivity contribution in [1.29, 1.82) is 0 Å².